The molecule has 2 aliphatic rings. The van der Waals surface area contributed by atoms with Gasteiger partial charge in [-0.05, 0) is 75.4 Å². The molecule has 0 bridgehead atoms. The van der Waals surface area contributed by atoms with Gasteiger partial charge in [-0.2, -0.15) is 0 Å². The molecule has 0 aromatic heterocycles. The second-order valence-electron chi connectivity index (χ2n) is 6.28. The Bertz CT molecular complexity index is 367. The first-order valence-electron chi connectivity index (χ1n) is 7.60. The van der Waals surface area contributed by atoms with Gasteiger partial charge in [0.25, 0.3) is 0 Å². The molecule has 1 saturated heterocycles. The zero-order chi connectivity index (χ0) is 12.4. The van der Waals surface area contributed by atoms with Crippen LogP contribution in [0, 0.1) is 18.8 Å². The molecule has 1 atom stereocenters. The van der Waals surface area contributed by atoms with E-state index < -0.39 is 0 Å². The molecule has 1 N–H and O–H groups in total. The van der Waals surface area contributed by atoms with Crippen molar-refractivity contribution in [1.82, 2.24) is 5.32 Å². The van der Waals surface area contributed by atoms with Crippen molar-refractivity contribution < 1.29 is 0 Å². The molecule has 1 aromatic rings. The van der Waals surface area contributed by atoms with E-state index in [9.17, 15) is 0 Å². The van der Waals surface area contributed by atoms with Gasteiger partial charge in [-0.1, -0.05) is 29.8 Å². The van der Waals surface area contributed by atoms with Gasteiger partial charge in [-0.15, -0.1) is 0 Å². The molecule has 3 rings (SSSR count). The fourth-order valence-corrected chi connectivity index (χ4v) is 3.84. The Labute approximate surface area is 111 Å². The molecule has 0 amide bonds. The van der Waals surface area contributed by atoms with Gasteiger partial charge in [-0.25, -0.2) is 0 Å². The first-order chi connectivity index (χ1) is 8.83. The molecule has 1 aliphatic carbocycles. The van der Waals surface area contributed by atoms with Gasteiger partial charge in [0.15, 0.2) is 0 Å². The summed E-state index contributed by atoms with van der Waals surface area (Å²) < 4.78 is 0. The Morgan fingerprint density at radius 3 is 2.22 bits per heavy atom. The third kappa shape index (κ3) is 2.61. The van der Waals surface area contributed by atoms with Crippen molar-refractivity contribution >= 4 is 0 Å². The van der Waals surface area contributed by atoms with Crippen LogP contribution in [0.1, 0.15) is 49.1 Å². The molecule has 1 nitrogen and oxygen atoms in total. The highest BCUT2D eigenvalue weighted by Gasteiger charge is 2.29. The smallest absolute Gasteiger partial charge is 0.00174 e. The van der Waals surface area contributed by atoms with E-state index in [2.05, 4.69) is 36.5 Å². The van der Waals surface area contributed by atoms with Crippen LogP contribution in [-0.2, 0) is 0 Å². The van der Waals surface area contributed by atoms with Gasteiger partial charge in [0.2, 0.25) is 0 Å². The highest BCUT2D eigenvalue weighted by molar-refractivity contribution is 5.24. The summed E-state index contributed by atoms with van der Waals surface area (Å²) in [4.78, 5) is 0. The maximum atomic E-state index is 3.52. The molecule has 1 aromatic carbocycles. The van der Waals surface area contributed by atoms with Crippen LogP contribution >= 0.6 is 0 Å². The number of aryl methyl sites for hydroxylation is 1. The summed E-state index contributed by atoms with van der Waals surface area (Å²) in [5.74, 6) is 2.81. The number of hydrogen-bond donors (Lipinski definition) is 1. The molecule has 0 spiro atoms. The second-order valence-corrected chi connectivity index (χ2v) is 6.28. The molecule has 1 unspecified atom stereocenters. The van der Waals surface area contributed by atoms with Gasteiger partial charge < -0.3 is 5.32 Å². The van der Waals surface area contributed by atoms with Crippen LogP contribution < -0.4 is 5.32 Å². The van der Waals surface area contributed by atoms with E-state index in [4.69, 9.17) is 0 Å². The first-order valence-corrected chi connectivity index (χ1v) is 7.60. The minimum Gasteiger partial charge on any atom is -0.316 e. The van der Waals surface area contributed by atoms with Crippen molar-refractivity contribution in [3.8, 4) is 0 Å². The molecule has 1 heterocycles. The molecule has 0 radical (unpaired) electrons. The third-order valence-corrected chi connectivity index (χ3v) is 5.09. The second kappa shape index (κ2) is 5.44. The highest BCUT2D eigenvalue weighted by Crippen LogP contribution is 2.40. The highest BCUT2D eigenvalue weighted by atomic mass is 14.9. The molecule has 1 heteroatoms. The zero-order valence-electron chi connectivity index (χ0n) is 11.5. The summed E-state index contributed by atoms with van der Waals surface area (Å²) in [6, 6.07) is 9.22. The van der Waals surface area contributed by atoms with Crippen LogP contribution in [0.2, 0.25) is 0 Å². The number of rotatable bonds is 2. The predicted molar refractivity (Wildman–Crippen MR) is 76.9 cm³/mol. The van der Waals surface area contributed by atoms with Crippen molar-refractivity contribution in [3.05, 3.63) is 35.4 Å². The predicted octanol–water partition coefficient (Wildman–Crippen LogP) is 3.88. The Morgan fingerprint density at radius 2 is 1.61 bits per heavy atom. The summed E-state index contributed by atoms with van der Waals surface area (Å²) in [7, 11) is 0. The van der Waals surface area contributed by atoms with Gasteiger partial charge >= 0.3 is 0 Å². The largest absolute Gasteiger partial charge is 0.316 e. The van der Waals surface area contributed by atoms with E-state index in [0.29, 0.717) is 0 Å². The summed E-state index contributed by atoms with van der Waals surface area (Å²) in [6.45, 7) is 4.70. The van der Waals surface area contributed by atoms with Gasteiger partial charge in [0.1, 0.15) is 0 Å². The minimum atomic E-state index is 0.830. The molecular formula is C17H25N. The topological polar surface area (TPSA) is 12.0 Å². The Kier molecular flexibility index (Phi) is 3.69. The van der Waals surface area contributed by atoms with E-state index in [1.807, 2.05) is 0 Å². The van der Waals surface area contributed by atoms with Crippen LogP contribution in [0.4, 0.5) is 0 Å². The summed E-state index contributed by atoms with van der Waals surface area (Å²) in [5.41, 5.74) is 2.95. The van der Waals surface area contributed by atoms with Crippen LogP contribution in [0.25, 0.3) is 0 Å². The van der Waals surface area contributed by atoms with E-state index in [0.717, 1.165) is 17.8 Å². The lowest BCUT2D eigenvalue weighted by molar-refractivity contribution is 0.245. The normalized spacial score (nSPS) is 32.6. The first kappa shape index (κ1) is 12.2. The molecule has 1 saturated carbocycles. The lowest BCUT2D eigenvalue weighted by Gasteiger charge is -2.32. The van der Waals surface area contributed by atoms with Crippen molar-refractivity contribution in [2.75, 3.05) is 13.1 Å². The van der Waals surface area contributed by atoms with Gasteiger partial charge in [0.05, 0.1) is 0 Å². The summed E-state index contributed by atoms with van der Waals surface area (Å²) in [6.07, 6.45) is 7.13. The number of benzene rings is 1. The van der Waals surface area contributed by atoms with E-state index in [1.54, 1.807) is 5.56 Å². The van der Waals surface area contributed by atoms with Crippen molar-refractivity contribution in [3.63, 3.8) is 0 Å². The fraction of sp³-hybridized carbons (Fsp3) is 0.647. The lowest BCUT2D eigenvalue weighted by atomic mass is 9.73. The SMILES string of the molecule is Cc1ccc(C2CCC(C3CCNC3)CC2)cc1. The number of hydrogen-bond acceptors (Lipinski definition) is 1. The van der Waals surface area contributed by atoms with Crippen molar-refractivity contribution in [2.24, 2.45) is 11.8 Å². The maximum Gasteiger partial charge on any atom is -0.00174 e. The van der Waals surface area contributed by atoms with Gasteiger partial charge in [0, 0.05) is 0 Å². The van der Waals surface area contributed by atoms with E-state index in [-0.39, 0.29) is 0 Å². The maximum absolute atomic E-state index is 3.52. The van der Waals surface area contributed by atoms with Crippen molar-refractivity contribution in [1.29, 1.82) is 0 Å². The molecule has 2 fully saturated rings. The van der Waals surface area contributed by atoms with Crippen LogP contribution in [-0.4, -0.2) is 13.1 Å². The summed E-state index contributed by atoms with van der Waals surface area (Å²) >= 11 is 0. The van der Waals surface area contributed by atoms with E-state index in [1.165, 1.54) is 50.8 Å². The minimum absolute atomic E-state index is 0.830. The van der Waals surface area contributed by atoms with Crippen LogP contribution in [0.15, 0.2) is 24.3 Å². The fourth-order valence-electron chi connectivity index (χ4n) is 3.84. The van der Waals surface area contributed by atoms with Crippen LogP contribution in [0.5, 0.6) is 0 Å². The molecule has 1 aliphatic heterocycles. The Balaban J connectivity index is 1.57. The van der Waals surface area contributed by atoms with E-state index >= 15 is 0 Å². The van der Waals surface area contributed by atoms with Crippen molar-refractivity contribution in [2.45, 2.75) is 44.9 Å². The number of nitrogens with one attached hydrogen (secondary N) is 1. The average Bonchev–Trinajstić information content (AvgIpc) is 2.94. The third-order valence-electron chi connectivity index (χ3n) is 5.09. The Morgan fingerprint density at radius 1 is 0.889 bits per heavy atom. The molecular weight excluding hydrogens is 218 g/mol. The summed E-state index contributed by atoms with van der Waals surface area (Å²) in [5, 5.41) is 3.52. The van der Waals surface area contributed by atoms with Gasteiger partial charge in [-0.3, -0.25) is 0 Å². The quantitative estimate of drug-likeness (QED) is 0.831. The molecule has 98 valence electrons. The standard InChI is InChI=1S/C17H25N/c1-13-2-4-14(5-3-13)15-6-8-16(9-7-15)17-10-11-18-12-17/h2-5,15-18H,6-12H2,1H3. The monoisotopic (exact) mass is 243 g/mol. The lowest BCUT2D eigenvalue weighted by Crippen LogP contribution is -2.22. The molecule has 18 heavy (non-hydrogen) atoms. The average molecular weight is 243 g/mol. The van der Waals surface area contributed by atoms with Crippen LogP contribution in [0.3, 0.4) is 0 Å². The zero-order valence-corrected chi connectivity index (χ0v) is 11.5. The Hall–Kier alpha value is -0.820.